The van der Waals surface area contributed by atoms with Crippen LogP contribution in [0.4, 0.5) is 17.1 Å². The van der Waals surface area contributed by atoms with Gasteiger partial charge in [0.25, 0.3) is 5.91 Å². The average Bonchev–Trinajstić information content (AvgIpc) is 2.37. The van der Waals surface area contributed by atoms with Crippen molar-refractivity contribution in [2.24, 2.45) is 5.73 Å². The molecule has 0 aliphatic rings. The van der Waals surface area contributed by atoms with Crippen LogP contribution in [0.2, 0.25) is 0 Å². The molecule has 0 saturated carbocycles. The molecule has 4 heteroatoms. The van der Waals surface area contributed by atoms with Crippen molar-refractivity contribution in [3.63, 3.8) is 0 Å². The molecule has 0 aliphatic carbocycles. The number of carbonyl (C=O) groups excluding carboxylic acids is 1. The lowest BCUT2D eigenvalue weighted by Gasteiger charge is -2.22. The zero-order valence-corrected chi connectivity index (χ0v) is 11.1. The molecule has 2 rings (SSSR count). The smallest absolute Gasteiger partial charge is 0.250 e. The summed E-state index contributed by atoms with van der Waals surface area (Å²) < 4.78 is 0. The Morgan fingerprint density at radius 3 is 2.53 bits per heavy atom. The van der Waals surface area contributed by atoms with E-state index < -0.39 is 5.91 Å². The summed E-state index contributed by atoms with van der Waals surface area (Å²) in [6.45, 7) is 2.02. The van der Waals surface area contributed by atoms with Gasteiger partial charge in [-0.25, -0.2) is 0 Å². The molecule has 0 aromatic heterocycles. The summed E-state index contributed by atoms with van der Waals surface area (Å²) in [6, 6.07) is 13.2. The second kappa shape index (κ2) is 5.02. The molecule has 4 nitrogen and oxygen atoms in total. The highest BCUT2D eigenvalue weighted by Crippen LogP contribution is 2.28. The first-order valence-electron chi connectivity index (χ1n) is 5.99. The topological polar surface area (TPSA) is 72.3 Å². The van der Waals surface area contributed by atoms with E-state index in [4.69, 9.17) is 11.5 Å². The van der Waals surface area contributed by atoms with Crippen LogP contribution in [-0.2, 0) is 0 Å². The van der Waals surface area contributed by atoms with Crippen molar-refractivity contribution in [3.8, 4) is 0 Å². The van der Waals surface area contributed by atoms with Gasteiger partial charge in [0.15, 0.2) is 0 Å². The number of rotatable bonds is 3. The number of carbonyl (C=O) groups is 1. The van der Waals surface area contributed by atoms with Crippen LogP contribution in [0.1, 0.15) is 15.9 Å². The van der Waals surface area contributed by atoms with Crippen molar-refractivity contribution in [3.05, 3.63) is 53.6 Å². The maximum Gasteiger partial charge on any atom is 0.250 e. The van der Waals surface area contributed by atoms with Crippen LogP contribution in [0.3, 0.4) is 0 Å². The monoisotopic (exact) mass is 255 g/mol. The van der Waals surface area contributed by atoms with Gasteiger partial charge in [0.2, 0.25) is 0 Å². The van der Waals surface area contributed by atoms with Gasteiger partial charge in [-0.15, -0.1) is 0 Å². The molecule has 19 heavy (non-hydrogen) atoms. The van der Waals surface area contributed by atoms with Gasteiger partial charge in [0.05, 0.1) is 11.3 Å². The normalized spacial score (nSPS) is 10.2. The minimum atomic E-state index is -0.484. The van der Waals surface area contributed by atoms with Gasteiger partial charge in [0.1, 0.15) is 0 Å². The molecule has 0 heterocycles. The van der Waals surface area contributed by atoms with Gasteiger partial charge in [-0.2, -0.15) is 0 Å². The summed E-state index contributed by atoms with van der Waals surface area (Å²) in [6.07, 6.45) is 0. The predicted octanol–water partition coefficient (Wildman–Crippen LogP) is 2.44. The van der Waals surface area contributed by atoms with Crippen LogP contribution in [0.5, 0.6) is 0 Å². The highest BCUT2D eigenvalue weighted by Gasteiger charge is 2.13. The van der Waals surface area contributed by atoms with Crippen molar-refractivity contribution >= 4 is 23.0 Å². The standard InChI is InChI=1S/C15H17N3O/c1-10-4-3-5-12(8-10)18(2)14-7-6-11(16)9-13(14)15(17)19/h3-9H,16H2,1-2H3,(H2,17,19). The van der Waals surface area contributed by atoms with Gasteiger partial charge in [-0.3, -0.25) is 4.79 Å². The second-order valence-electron chi connectivity index (χ2n) is 4.54. The molecule has 2 aromatic rings. The number of nitrogens with two attached hydrogens (primary N) is 2. The third kappa shape index (κ3) is 2.68. The minimum Gasteiger partial charge on any atom is -0.399 e. The van der Waals surface area contributed by atoms with E-state index in [1.165, 1.54) is 0 Å². The van der Waals surface area contributed by atoms with E-state index >= 15 is 0 Å². The zero-order valence-electron chi connectivity index (χ0n) is 11.1. The Balaban J connectivity index is 2.49. The van der Waals surface area contributed by atoms with E-state index in [0.717, 1.165) is 16.9 Å². The highest BCUT2D eigenvalue weighted by atomic mass is 16.1. The SMILES string of the molecule is Cc1cccc(N(C)c2ccc(N)cc2C(N)=O)c1. The molecule has 98 valence electrons. The Bertz CT molecular complexity index is 623. The van der Waals surface area contributed by atoms with Gasteiger partial charge < -0.3 is 16.4 Å². The maximum atomic E-state index is 11.5. The van der Waals surface area contributed by atoms with Crippen LogP contribution in [0.15, 0.2) is 42.5 Å². The molecule has 1 amide bonds. The van der Waals surface area contributed by atoms with Crippen molar-refractivity contribution in [2.75, 3.05) is 17.7 Å². The van der Waals surface area contributed by atoms with E-state index in [1.54, 1.807) is 18.2 Å². The first-order valence-corrected chi connectivity index (χ1v) is 5.99. The predicted molar refractivity (Wildman–Crippen MR) is 78.6 cm³/mol. The Morgan fingerprint density at radius 1 is 1.16 bits per heavy atom. The lowest BCUT2D eigenvalue weighted by Crippen LogP contribution is -2.18. The number of benzene rings is 2. The molecular weight excluding hydrogens is 238 g/mol. The quantitative estimate of drug-likeness (QED) is 0.827. The van der Waals surface area contributed by atoms with Crippen LogP contribution >= 0.6 is 0 Å². The fraction of sp³-hybridized carbons (Fsp3) is 0.133. The molecule has 0 spiro atoms. The summed E-state index contributed by atoms with van der Waals surface area (Å²) in [5.74, 6) is -0.484. The van der Waals surface area contributed by atoms with E-state index in [-0.39, 0.29) is 0 Å². The molecule has 2 aromatic carbocycles. The largest absolute Gasteiger partial charge is 0.399 e. The van der Waals surface area contributed by atoms with E-state index in [0.29, 0.717) is 11.3 Å². The fourth-order valence-corrected chi connectivity index (χ4v) is 2.02. The third-order valence-electron chi connectivity index (χ3n) is 3.04. The molecule has 0 unspecified atom stereocenters. The Hall–Kier alpha value is -2.49. The average molecular weight is 255 g/mol. The third-order valence-corrected chi connectivity index (χ3v) is 3.04. The number of primary amides is 1. The van der Waals surface area contributed by atoms with Crippen LogP contribution in [0, 0.1) is 6.92 Å². The van der Waals surface area contributed by atoms with Gasteiger partial charge in [-0.05, 0) is 42.8 Å². The Kier molecular flexibility index (Phi) is 3.42. The summed E-state index contributed by atoms with van der Waals surface area (Å²) in [5, 5.41) is 0. The second-order valence-corrected chi connectivity index (χ2v) is 4.54. The summed E-state index contributed by atoms with van der Waals surface area (Å²) in [4.78, 5) is 13.4. The number of amides is 1. The molecular formula is C15H17N3O. The molecule has 0 bridgehead atoms. The molecule has 0 atom stereocenters. The van der Waals surface area contributed by atoms with Crippen molar-refractivity contribution in [1.82, 2.24) is 0 Å². The summed E-state index contributed by atoms with van der Waals surface area (Å²) in [7, 11) is 1.90. The number of nitrogens with zero attached hydrogens (tertiary/aromatic N) is 1. The first-order chi connectivity index (χ1) is 8.99. The number of hydrogen-bond acceptors (Lipinski definition) is 3. The van der Waals surface area contributed by atoms with Gasteiger partial charge in [-0.1, -0.05) is 12.1 Å². The molecule has 0 radical (unpaired) electrons. The zero-order chi connectivity index (χ0) is 14.0. The lowest BCUT2D eigenvalue weighted by atomic mass is 10.1. The number of nitrogen functional groups attached to an aromatic ring is 1. The van der Waals surface area contributed by atoms with Crippen LogP contribution in [-0.4, -0.2) is 13.0 Å². The van der Waals surface area contributed by atoms with E-state index in [1.807, 2.05) is 43.1 Å². The number of aryl methyl sites for hydroxylation is 1. The minimum absolute atomic E-state index is 0.420. The van der Waals surface area contributed by atoms with E-state index in [2.05, 4.69) is 0 Å². The number of anilines is 3. The summed E-state index contributed by atoms with van der Waals surface area (Å²) >= 11 is 0. The first kappa shape index (κ1) is 13.0. The molecule has 0 saturated heterocycles. The fourth-order valence-electron chi connectivity index (χ4n) is 2.02. The molecule has 0 fully saturated rings. The van der Waals surface area contributed by atoms with Crippen molar-refractivity contribution < 1.29 is 4.79 Å². The molecule has 4 N–H and O–H groups in total. The summed E-state index contributed by atoms with van der Waals surface area (Å²) in [5.41, 5.74) is 14.9. The molecule has 0 aliphatic heterocycles. The Labute approximate surface area is 112 Å². The lowest BCUT2D eigenvalue weighted by molar-refractivity contribution is 0.100. The van der Waals surface area contributed by atoms with Crippen molar-refractivity contribution in [2.45, 2.75) is 6.92 Å². The van der Waals surface area contributed by atoms with Gasteiger partial charge in [0, 0.05) is 18.4 Å². The van der Waals surface area contributed by atoms with Crippen molar-refractivity contribution in [1.29, 1.82) is 0 Å². The van der Waals surface area contributed by atoms with Crippen LogP contribution < -0.4 is 16.4 Å². The highest BCUT2D eigenvalue weighted by molar-refractivity contribution is 6.00. The Morgan fingerprint density at radius 2 is 1.89 bits per heavy atom. The van der Waals surface area contributed by atoms with E-state index in [9.17, 15) is 4.79 Å². The number of hydrogen-bond donors (Lipinski definition) is 2. The maximum absolute atomic E-state index is 11.5. The van der Waals surface area contributed by atoms with Crippen LogP contribution in [0.25, 0.3) is 0 Å². The van der Waals surface area contributed by atoms with Gasteiger partial charge >= 0.3 is 0 Å².